The Morgan fingerprint density at radius 2 is 1.75 bits per heavy atom. The van der Waals surface area contributed by atoms with Crippen LogP contribution in [0.2, 0.25) is 0 Å². The van der Waals surface area contributed by atoms with Gasteiger partial charge in [0, 0.05) is 25.7 Å². The first-order chi connectivity index (χ1) is 7.48. The molecule has 2 fully saturated rings. The lowest BCUT2D eigenvalue weighted by Gasteiger charge is -2.47. The molecular formula is C14H28N2. The van der Waals surface area contributed by atoms with Crippen molar-refractivity contribution in [3.05, 3.63) is 0 Å². The second-order valence-corrected chi connectivity index (χ2v) is 6.74. The first-order valence-electron chi connectivity index (χ1n) is 6.95. The third-order valence-electron chi connectivity index (χ3n) is 4.48. The van der Waals surface area contributed by atoms with Gasteiger partial charge in [0.2, 0.25) is 0 Å². The molecule has 0 radical (unpaired) electrons. The number of piperidine rings is 1. The van der Waals surface area contributed by atoms with Gasteiger partial charge in [-0.2, -0.15) is 0 Å². The molecular weight excluding hydrogens is 196 g/mol. The minimum absolute atomic E-state index is 0.589. The molecule has 16 heavy (non-hydrogen) atoms. The third-order valence-corrected chi connectivity index (χ3v) is 4.48. The maximum absolute atomic E-state index is 2.65. The predicted molar refractivity (Wildman–Crippen MR) is 69.7 cm³/mol. The van der Waals surface area contributed by atoms with Crippen molar-refractivity contribution in [1.29, 1.82) is 0 Å². The second kappa shape index (κ2) is 4.66. The van der Waals surface area contributed by atoms with E-state index in [9.17, 15) is 0 Å². The molecule has 2 rings (SSSR count). The van der Waals surface area contributed by atoms with E-state index in [0.29, 0.717) is 5.41 Å². The summed E-state index contributed by atoms with van der Waals surface area (Å²) in [5.41, 5.74) is 0.589. The number of hydrogen-bond acceptors (Lipinski definition) is 2. The van der Waals surface area contributed by atoms with Crippen LogP contribution in [-0.4, -0.2) is 48.6 Å². The Bertz CT molecular complexity index is 223. The van der Waals surface area contributed by atoms with Crippen LogP contribution in [0.3, 0.4) is 0 Å². The van der Waals surface area contributed by atoms with E-state index in [1.165, 1.54) is 45.6 Å². The molecule has 2 heterocycles. The van der Waals surface area contributed by atoms with Crippen LogP contribution in [0.4, 0.5) is 0 Å². The highest BCUT2D eigenvalue weighted by Crippen LogP contribution is 2.34. The number of rotatable bonds is 3. The summed E-state index contributed by atoms with van der Waals surface area (Å²) in [6, 6.07) is 0.730. The molecule has 0 aromatic heterocycles. The predicted octanol–water partition coefficient (Wildman–Crippen LogP) is 2.45. The van der Waals surface area contributed by atoms with Crippen molar-refractivity contribution in [2.24, 2.45) is 11.3 Å². The van der Waals surface area contributed by atoms with Crippen LogP contribution >= 0.6 is 0 Å². The van der Waals surface area contributed by atoms with Crippen molar-refractivity contribution < 1.29 is 0 Å². The van der Waals surface area contributed by atoms with Crippen molar-refractivity contribution in [2.75, 3.05) is 32.7 Å². The zero-order chi connectivity index (χ0) is 11.8. The van der Waals surface area contributed by atoms with E-state index < -0.39 is 0 Å². The summed E-state index contributed by atoms with van der Waals surface area (Å²) in [7, 11) is 0. The Kier molecular flexibility index (Phi) is 3.60. The molecule has 0 aromatic carbocycles. The first-order valence-corrected chi connectivity index (χ1v) is 6.95. The fourth-order valence-corrected chi connectivity index (χ4v) is 3.24. The third kappa shape index (κ3) is 2.78. The van der Waals surface area contributed by atoms with Crippen LogP contribution in [0.15, 0.2) is 0 Å². The monoisotopic (exact) mass is 224 g/mol. The summed E-state index contributed by atoms with van der Waals surface area (Å²) >= 11 is 0. The highest BCUT2D eigenvalue weighted by atomic mass is 15.2. The molecule has 2 aliphatic heterocycles. The summed E-state index contributed by atoms with van der Waals surface area (Å²) in [5, 5.41) is 0. The molecule has 0 amide bonds. The highest BCUT2D eigenvalue weighted by molar-refractivity contribution is 4.89. The van der Waals surface area contributed by atoms with E-state index in [4.69, 9.17) is 0 Å². The largest absolute Gasteiger partial charge is 0.302 e. The minimum atomic E-state index is 0.589. The topological polar surface area (TPSA) is 6.48 Å². The molecule has 2 aliphatic rings. The second-order valence-electron chi connectivity index (χ2n) is 6.74. The summed E-state index contributed by atoms with van der Waals surface area (Å²) in [6.45, 7) is 16.1. The van der Waals surface area contributed by atoms with Crippen molar-refractivity contribution in [1.82, 2.24) is 9.80 Å². The van der Waals surface area contributed by atoms with Gasteiger partial charge >= 0.3 is 0 Å². The zero-order valence-corrected chi connectivity index (χ0v) is 11.5. The van der Waals surface area contributed by atoms with Crippen LogP contribution in [0.1, 0.15) is 40.5 Å². The van der Waals surface area contributed by atoms with E-state index in [-0.39, 0.29) is 0 Å². The Labute approximate surface area is 101 Å². The van der Waals surface area contributed by atoms with Gasteiger partial charge in [0.15, 0.2) is 0 Å². The molecule has 0 unspecified atom stereocenters. The summed E-state index contributed by atoms with van der Waals surface area (Å²) in [6.07, 6.45) is 2.77. The molecule has 0 atom stereocenters. The van der Waals surface area contributed by atoms with Gasteiger partial charge in [0.25, 0.3) is 0 Å². The molecule has 2 nitrogen and oxygen atoms in total. The quantitative estimate of drug-likeness (QED) is 0.726. The molecule has 0 aliphatic carbocycles. The Hall–Kier alpha value is -0.0800. The lowest BCUT2D eigenvalue weighted by Crippen LogP contribution is -2.52. The maximum Gasteiger partial charge on any atom is 0.00385 e. The van der Waals surface area contributed by atoms with E-state index >= 15 is 0 Å². The van der Waals surface area contributed by atoms with E-state index in [2.05, 4.69) is 37.5 Å². The SMILES string of the molecule is CC1CN(CC2(C)CCN(C(C)C)CC2)C1. The molecule has 2 saturated heterocycles. The summed E-state index contributed by atoms with van der Waals surface area (Å²) in [5.74, 6) is 0.944. The van der Waals surface area contributed by atoms with Gasteiger partial charge in [0.1, 0.15) is 0 Å². The van der Waals surface area contributed by atoms with Crippen molar-refractivity contribution >= 4 is 0 Å². The fraction of sp³-hybridized carbons (Fsp3) is 1.00. The number of likely N-dealkylation sites (tertiary alicyclic amines) is 2. The van der Waals surface area contributed by atoms with Crippen LogP contribution in [0.5, 0.6) is 0 Å². The minimum Gasteiger partial charge on any atom is -0.302 e. The molecule has 94 valence electrons. The Balaban J connectivity index is 1.77. The van der Waals surface area contributed by atoms with Gasteiger partial charge < -0.3 is 9.80 Å². The van der Waals surface area contributed by atoms with Crippen molar-refractivity contribution in [3.8, 4) is 0 Å². The van der Waals surface area contributed by atoms with Crippen LogP contribution in [0.25, 0.3) is 0 Å². The Morgan fingerprint density at radius 3 is 2.19 bits per heavy atom. The van der Waals surface area contributed by atoms with Gasteiger partial charge in [-0.25, -0.2) is 0 Å². The normalized spacial score (nSPS) is 28.3. The average molecular weight is 224 g/mol. The molecule has 0 bridgehead atoms. The number of nitrogens with zero attached hydrogens (tertiary/aromatic N) is 2. The summed E-state index contributed by atoms with van der Waals surface area (Å²) < 4.78 is 0. The Morgan fingerprint density at radius 1 is 1.19 bits per heavy atom. The lowest BCUT2D eigenvalue weighted by atomic mass is 9.78. The highest BCUT2D eigenvalue weighted by Gasteiger charge is 2.35. The molecule has 0 N–H and O–H groups in total. The smallest absolute Gasteiger partial charge is 0.00385 e. The van der Waals surface area contributed by atoms with Crippen LogP contribution in [-0.2, 0) is 0 Å². The van der Waals surface area contributed by atoms with Gasteiger partial charge in [-0.1, -0.05) is 13.8 Å². The van der Waals surface area contributed by atoms with E-state index in [0.717, 1.165) is 12.0 Å². The molecule has 0 spiro atoms. The fourth-order valence-electron chi connectivity index (χ4n) is 3.24. The molecule has 0 saturated carbocycles. The zero-order valence-electron chi connectivity index (χ0n) is 11.5. The van der Waals surface area contributed by atoms with Crippen molar-refractivity contribution in [2.45, 2.75) is 46.6 Å². The summed E-state index contributed by atoms with van der Waals surface area (Å²) in [4.78, 5) is 5.27. The van der Waals surface area contributed by atoms with Gasteiger partial charge in [0.05, 0.1) is 0 Å². The lowest BCUT2D eigenvalue weighted by molar-refractivity contribution is 0.0190. The van der Waals surface area contributed by atoms with Crippen LogP contribution in [0, 0.1) is 11.3 Å². The first kappa shape index (κ1) is 12.4. The number of hydrogen-bond donors (Lipinski definition) is 0. The van der Waals surface area contributed by atoms with Crippen molar-refractivity contribution in [3.63, 3.8) is 0 Å². The molecule has 0 aromatic rings. The average Bonchev–Trinajstić information content (AvgIpc) is 2.15. The van der Waals surface area contributed by atoms with E-state index in [1.807, 2.05) is 0 Å². The van der Waals surface area contributed by atoms with Crippen LogP contribution < -0.4 is 0 Å². The van der Waals surface area contributed by atoms with E-state index in [1.54, 1.807) is 0 Å². The van der Waals surface area contributed by atoms with Gasteiger partial charge in [-0.3, -0.25) is 0 Å². The standard InChI is InChI=1S/C14H28N2/c1-12(2)16-7-5-14(4,6-8-16)11-15-9-13(3)10-15/h12-13H,5-11H2,1-4H3. The van der Waals surface area contributed by atoms with Gasteiger partial charge in [-0.15, -0.1) is 0 Å². The maximum atomic E-state index is 2.65. The van der Waals surface area contributed by atoms with Gasteiger partial charge in [-0.05, 0) is 51.1 Å². The molecule has 2 heteroatoms.